The van der Waals surface area contributed by atoms with Gasteiger partial charge >= 0.3 is 0 Å². The predicted octanol–water partition coefficient (Wildman–Crippen LogP) is 3.48. The molecule has 9 nitrogen and oxygen atoms in total. The van der Waals surface area contributed by atoms with Crippen LogP contribution in [0.2, 0.25) is 0 Å². The van der Waals surface area contributed by atoms with Crippen molar-refractivity contribution in [2.75, 3.05) is 20.3 Å². The Labute approximate surface area is 245 Å². The third kappa shape index (κ3) is 9.68. The second-order valence-corrected chi connectivity index (χ2v) is 12.4. The topological polar surface area (TPSA) is 127 Å². The number of ether oxygens (including phenoxy) is 5. The van der Waals surface area contributed by atoms with Gasteiger partial charge in [-0.1, -0.05) is 37.3 Å². The van der Waals surface area contributed by atoms with Crippen LogP contribution in [-0.4, -0.2) is 95.4 Å². The Morgan fingerprint density at radius 3 is 2.44 bits per heavy atom. The van der Waals surface area contributed by atoms with Crippen molar-refractivity contribution in [2.24, 2.45) is 5.92 Å². The lowest BCUT2D eigenvalue weighted by Gasteiger charge is -2.50. The Morgan fingerprint density at radius 1 is 0.951 bits per heavy atom. The number of hydrogen-bond acceptors (Lipinski definition) is 9. The molecule has 3 fully saturated rings. The Balaban J connectivity index is 1.19. The van der Waals surface area contributed by atoms with Crippen LogP contribution in [-0.2, 0) is 30.3 Å². The van der Waals surface area contributed by atoms with E-state index < -0.39 is 36.8 Å². The second-order valence-electron chi connectivity index (χ2n) is 12.4. The fraction of sp³-hybridized carbons (Fsp3) is 0.812. The van der Waals surface area contributed by atoms with Crippen molar-refractivity contribution >= 4 is 0 Å². The summed E-state index contributed by atoms with van der Waals surface area (Å²) in [6.07, 6.45) is 4.30. The summed E-state index contributed by atoms with van der Waals surface area (Å²) in [5.41, 5.74) is 1.16. The van der Waals surface area contributed by atoms with Gasteiger partial charge in [0.15, 0.2) is 5.79 Å². The molecule has 3 aliphatic heterocycles. The maximum absolute atomic E-state index is 10.9. The number of hydrogen-bond donors (Lipinski definition) is 4. The van der Waals surface area contributed by atoms with Crippen molar-refractivity contribution in [3.8, 4) is 0 Å². The minimum absolute atomic E-state index is 0.0162. The summed E-state index contributed by atoms with van der Waals surface area (Å²) in [6.45, 7) is 2.94. The normalized spacial score (nSPS) is 34.8. The van der Waals surface area contributed by atoms with Crippen molar-refractivity contribution in [1.82, 2.24) is 0 Å². The first kappa shape index (κ1) is 32.8. The van der Waals surface area contributed by atoms with Gasteiger partial charge in [0.2, 0.25) is 0 Å². The van der Waals surface area contributed by atoms with Gasteiger partial charge in [-0.3, -0.25) is 0 Å². The number of aliphatic hydroxyl groups is 4. The first-order valence-electron chi connectivity index (χ1n) is 15.6. The van der Waals surface area contributed by atoms with Gasteiger partial charge in [0.1, 0.15) is 12.2 Å². The van der Waals surface area contributed by atoms with E-state index in [1.165, 1.54) is 0 Å². The Kier molecular flexibility index (Phi) is 12.8. The van der Waals surface area contributed by atoms with Crippen molar-refractivity contribution in [3.63, 3.8) is 0 Å². The Hall–Kier alpha value is -1.14. The summed E-state index contributed by atoms with van der Waals surface area (Å²) in [5, 5.41) is 41.6. The van der Waals surface area contributed by atoms with Crippen LogP contribution in [0.5, 0.6) is 0 Å². The average Bonchev–Trinajstić information content (AvgIpc) is 2.97. The maximum Gasteiger partial charge on any atom is 0.169 e. The largest absolute Gasteiger partial charge is 0.394 e. The summed E-state index contributed by atoms with van der Waals surface area (Å²) in [7, 11) is 1.58. The van der Waals surface area contributed by atoms with Crippen molar-refractivity contribution < 1.29 is 44.1 Å². The van der Waals surface area contributed by atoms with Crippen molar-refractivity contribution in [3.05, 3.63) is 35.9 Å². The van der Waals surface area contributed by atoms with Gasteiger partial charge in [-0.2, -0.15) is 0 Å². The van der Waals surface area contributed by atoms with E-state index in [-0.39, 0.29) is 36.8 Å². The first-order chi connectivity index (χ1) is 19.8. The van der Waals surface area contributed by atoms with Gasteiger partial charge in [0.05, 0.1) is 49.8 Å². The molecule has 1 aromatic carbocycles. The van der Waals surface area contributed by atoms with E-state index >= 15 is 0 Å². The van der Waals surface area contributed by atoms with Crippen LogP contribution in [0.4, 0.5) is 0 Å². The van der Waals surface area contributed by atoms with Crippen molar-refractivity contribution in [2.45, 2.75) is 139 Å². The molecule has 9 heteroatoms. The molecule has 0 aliphatic carbocycles. The lowest BCUT2D eigenvalue weighted by molar-refractivity contribution is -0.351. The number of benzene rings is 1. The molecular weight excluding hydrogens is 528 g/mol. The van der Waals surface area contributed by atoms with Gasteiger partial charge in [-0.25, -0.2) is 0 Å². The van der Waals surface area contributed by atoms with Crippen LogP contribution < -0.4 is 0 Å². The highest BCUT2D eigenvalue weighted by Gasteiger charge is 2.49. The van der Waals surface area contributed by atoms with E-state index in [1.54, 1.807) is 7.11 Å². The minimum Gasteiger partial charge on any atom is -0.394 e. The Morgan fingerprint density at radius 2 is 1.68 bits per heavy atom. The van der Waals surface area contributed by atoms with E-state index in [1.807, 2.05) is 18.2 Å². The summed E-state index contributed by atoms with van der Waals surface area (Å²) < 4.78 is 30.4. The fourth-order valence-corrected chi connectivity index (χ4v) is 6.65. The van der Waals surface area contributed by atoms with Crippen LogP contribution in [0.3, 0.4) is 0 Å². The third-order valence-corrected chi connectivity index (χ3v) is 9.09. The molecule has 3 heterocycles. The third-order valence-electron chi connectivity index (χ3n) is 9.09. The highest BCUT2D eigenvalue weighted by Crippen LogP contribution is 2.43. The van der Waals surface area contributed by atoms with E-state index in [4.69, 9.17) is 23.7 Å². The minimum atomic E-state index is -1.05. The predicted molar refractivity (Wildman–Crippen MR) is 153 cm³/mol. The zero-order valence-electron chi connectivity index (χ0n) is 24.8. The lowest BCUT2D eigenvalue weighted by atomic mass is 9.84. The van der Waals surface area contributed by atoms with E-state index in [0.29, 0.717) is 45.3 Å². The van der Waals surface area contributed by atoms with Crippen molar-refractivity contribution in [1.29, 1.82) is 0 Å². The molecule has 4 rings (SSSR count). The maximum atomic E-state index is 10.9. The monoisotopic (exact) mass is 580 g/mol. The summed E-state index contributed by atoms with van der Waals surface area (Å²) >= 11 is 0. The highest BCUT2D eigenvalue weighted by atomic mass is 16.7. The van der Waals surface area contributed by atoms with Gasteiger partial charge in [-0.15, -0.1) is 0 Å². The van der Waals surface area contributed by atoms with E-state index in [2.05, 4.69) is 19.1 Å². The molecule has 4 N–H and O–H groups in total. The molecule has 0 unspecified atom stereocenters. The molecule has 0 amide bonds. The van der Waals surface area contributed by atoms with E-state index in [9.17, 15) is 20.4 Å². The molecule has 1 spiro atoms. The molecule has 3 saturated heterocycles. The molecule has 1 aromatic rings. The number of methoxy groups -OCH3 is 1. The molecule has 10 atom stereocenters. The smallest absolute Gasteiger partial charge is 0.169 e. The molecular formula is C32H52O9. The van der Waals surface area contributed by atoms with E-state index in [0.717, 1.165) is 37.7 Å². The molecule has 234 valence electrons. The van der Waals surface area contributed by atoms with Crippen LogP contribution in [0.25, 0.3) is 0 Å². The second kappa shape index (κ2) is 16.1. The van der Waals surface area contributed by atoms with Gasteiger partial charge < -0.3 is 44.1 Å². The molecule has 3 aliphatic rings. The first-order valence-corrected chi connectivity index (χ1v) is 15.6. The summed E-state index contributed by atoms with van der Waals surface area (Å²) in [6, 6.07) is 10.1. The Bertz CT molecular complexity index is 872. The van der Waals surface area contributed by atoms with Gasteiger partial charge in [0, 0.05) is 26.6 Å². The van der Waals surface area contributed by atoms with Crippen LogP contribution >= 0.6 is 0 Å². The highest BCUT2D eigenvalue weighted by molar-refractivity contribution is 5.13. The lowest BCUT2D eigenvalue weighted by Crippen LogP contribution is -2.57. The van der Waals surface area contributed by atoms with Crippen LogP contribution in [0.15, 0.2) is 30.3 Å². The quantitative estimate of drug-likeness (QED) is 0.245. The molecule has 0 saturated carbocycles. The SMILES string of the molecule is CO[C@H]1CC[C@@]2(CC[C@H](C)[C@@H](C[C@@H](O)C[C@H](O)C[C@@H]3CCC[C@H](CCOCc4ccccc4)O3)O2)O[C@@H]1[C@@H](O)CO. The van der Waals surface area contributed by atoms with Crippen LogP contribution in [0.1, 0.15) is 83.1 Å². The van der Waals surface area contributed by atoms with Crippen LogP contribution in [0, 0.1) is 5.92 Å². The number of rotatable bonds is 14. The fourth-order valence-electron chi connectivity index (χ4n) is 6.65. The molecule has 0 radical (unpaired) electrons. The zero-order valence-corrected chi connectivity index (χ0v) is 24.8. The summed E-state index contributed by atoms with van der Waals surface area (Å²) in [5.74, 6) is -0.634. The zero-order chi connectivity index (χ0) is 29.2. The summed E-state index contributed by atoms with van der Waals surface area (Å²) in [4.78, 5) is 0. The number of aliphatic hydroxyl groups excluding tert-OH is 4. The molecule has 0 aromatic heterocycles. The van der Waals surface area contributed by atoms with Gasteiger partial charge in [0.25, 0.3) is 0 Å². The molecule has 41 heavy (non-hydrogen) atoms. The molecule has 0 bridgehead atoms. The average molecular weight is 581 g/mol. The standard InChI is InChI=1S/C32H52O9/c1-22-11-14-32(15-12-29(37-2)31(41-32)28(36)20-33)40-30(22)19-25(35)17-24(34)18-27-10-6-9-26(39-27)13-16-38-21-23-7-4-3-5-8-23/h3-5,7-8,22,24-31,33-36H,6,9-21H2,1-2H3/t22-,24-,25-,26+,27-,28-,29-,30+,31+,32+/m0/s1. The van der Waals surface area contributed by atoms with Gasteiger partial charge in [-0.05, 0) is 69.3 Å².